The fourth-order valence-electron chi connectivity index (χ4n) is 0.975. The molecule has 84 valence electrons. The van der Waals surface area contributed by atoms with E-state index in [1.165, 1.54) is 0 Å². The van der Waals surface area contributed by atoms with E-state index in [1.807, 2.05) is 0 Å². The summed E-state index contributed by atoms with van der Waals surface area (Å²) in [6.45, 7) is -5.27. The van der Waals surface area contributed by atoms with Gasteiger partial charge in [0, 0.05) is 0 Å². The van der Waals surface area contributed by atoms with Crippen LogP contribution in [0.2, 0.25) is 0 Å². The van der Waals surface area contributed by atoms with Crippen LogP contribution in [-0.4, -0.2) is 21.4 Å². The van der Waals surface area contributed by atoms with Crippen LogP contribution in [0.15, 0.2) is 29.2 Å². The molecule has 0 radical (unpaired) electrons. The first kappa shape index (κ1) is 16.6. The maximum absolute atomic E-state index is 12.2. The summed E-state index contributed by atoms with van der Waals surface area (Å²) in [7, 11) is -4.24. The average molecular weight is 280 g/mol. The Balaban J connectivity index is 0.00000225. The van der Waals surface area contributed by atoms with Gasteiger partial charge in [-0.25, -0.2) is 12.8 Å². The molecule has 0 aliphatic carbocycles. The summed E-state index contributed by atoms with van der Waals surface area (Å²) in [4.78, 5) is -0.651. The van der Waals surface area contributed by atoms with E-state index >= 15 is 0 Å². The van der Waals surface area contributed by atoms with Crippen LogP contribution in [0.1, 0.15) is 0 Å². The predicted octanol–water partition coefficient (Wildman–Crippen LogP) is -1.55. The second-order valence-electron chi connectivity index (χ2n) is 2.87. The molecule has 1 aromatic carbocycles. The van der Waals surface area contributed by atoms with E-state index in [2.05, 4.69) is 0 Å². The van der Waals surface area contributed by atoms with Gasteiger partial charge in [-0.15, -0.1) is 5.46 Å². The summed E-state index contributed by atoms with van der Waals surface area (Å²) in [5.41, 5.74) is -1.05. The van der Waals surface area contributed by atoms with Crippen molar-refractivity contribution in [3.05, 3.63) is 24.3 Å². The second kappa shape index (κ2) is 5.96. The van der Waals surface area contributed by atoms with Crippen LogP contribution in [0.25, 0.3) is 0 Å². The van der Waals surface area contributed by atoms with Gasteiger partial charge in [0.2, 0.25) is 9.84 Å². The molecule has 0 aliphatic rings. The van der Waals surface area contributed by atoms with Gasteiger partial charge in [0.25, 0.3) is 0 Å². The molecule has 1 rings (SSSR count). The first-order valence-electron chi connectivity index (χ1n) is 3.86. The van der Waals surface area contributed by atoms with Gasteiger partial charge in [-0.05, 0) is 6.07 Å². The molecule has 0 saturated carbocycles. The third-order valence-corrected chi connectivity index (χ3v) is 3.00. The van der Waals surface area contributed by atoms with Crippen molar-refractivity contribution in [3.8, 4) is 0 Å². The van der Waals surface area contributed by atoms with E-state index in [9.17, 15) is 25.8 Å². The Hall–Kier alpha value is 0.591. The van der Waals surface area contributed by atoms with Crippen LogP contribution in [0.3, 0.4) is 0 Å². The summed E-state index contributed by atoms with van der Waals surface area (Å²) in [5.74, 6) is 0. The minimum atomic E-state index is -5.27. The average Bonchev–Trinajstić information content (AvgIpc) is 2.17. The van der Waals surface area contributed by atoms with Crippen LogP contribution < -0.4 is 56.8 Å². The van der Waals surface area contributed by atoms with Gasteiger partial charge in [0.15, 0.2) is 6.01 Å². The number of alkyl halides is 1. The molecule has 0 bridgehead atoms. The summed E-state index contributed by atoms with van der Waals surface area (Å²) in [5, 5.41) is 0. The number of hydrogen-bond acceptors (Lipinski definition) is 2. The molecule has 2 nitrogen and oxygen atoms in total. The first-order valence-corrected chi connectivity index (χ1v) is 5.51. The van der Waals surface area contributed by atoms with Gasteiger partial charge in [-0.3, -0.25) is 0 Å². The maximum atomic E-state index is 12.2. The molecule has 0 atom stereocenters. The molecule has 0 unspecified atom stereocenters. The van der Waals surface area contributed by atoms with E-state index < -0.39 is 33.2 Å². The van der Waals surface area contributed by atoms with Gasteiger partial charge >= 0.3 is 58.4 Å². The van der Waals surface area contributed by atoms with E-state index in [-0.39, 0.29) is 51.4 Å². The normalized spacial score (nSPS) is 12.0. The second-order valence-corrected chi connectivity index (χ2v) is 4.79. The Bertz CT molecular complexity index is 460. The van der Waals surface area contributed by atoms with Crippen LogP contribution in [0, 0.1) is 0 Å². The molecular formula is C7H6BF4KO2S. The number of sulfone groups is 1. The van der Waals surface area contributed by atoms with Crippen LogP contribution in [-0.2, 0) is 9.84 Å². The van der Waals surface area contributed by atoms with Gasteiger partial charge < -0.3 is 12.9 Å². The standard InChI is InChI=1S/C7H6BF4O2S.K/c9-5-15(13,14)7-3-1-2-6(4-7)8(10,11)12;/h1-4H,5H2;/q-1;+1. The number of hydrogen-bond donors (Lipinski definition) is 0. The Morgan fingerprint density at radius 1 is 1.19 bits per heavy atom. The molecule has 0 heterocycles. The topological polar surface area (TPSA) is 34.1 Å². The quantitative estimate of drug-likeness (QED) is 0.496. The maximum Gasteiger partial charge on any atom is 1.00 e. The number of benzene rings is 1. The summed E-state index contributed by atoms with van der Waals surface area (Å²) in [6, 6.07) is 1.35. The summed E-state index contributed by atoms with van der Waals surface area (Å²) >= 11 is 0. The minimum Gasteiger partial charge on any atom is -0.445 e. The van der Waals surface area contributed by atoms with Crippen molar-refractivity contribution in [2.24, 2.45) is 0 Å². The fraction of sp³-hybridized carbons (Fsp3) is 0.143. The van der Waals surface area contributed by atoms with Crippen molar-refractivity contribution < 1.29 is 77.1 Å². The predicted molar refractivity (Wildman–Crippen MR) is 48.3 cm³/mol. The van der Waals surface area contributed by atoms with Crippen LogP contribution in [0.4, 0.5) is 17.3 Å². The van der Waals surface area contributed by atoms with Gasteiger partial charge in [0.05, 0.1) is 4.90 Å². The molecule has 0 fully saturated rings. The number of rotatable bonds is 3. The molecule has 1 aromatic rings. The van der Waals surface area contributed by atoms with E-state index in [0.29, 0.717) is 6.07 Å². The Morgan fingerprint density at radius 3 is 2.19 bits per heavy atom. The van der Waals surface area contributed by atoms with Gasteiger partial charge in [-0.1, -0.05) is 18.2 Å². The van der Waals surface area contributed by atoms with E-state index in [1.54, 1.807) is 0 Å². The van der Waals surface area contributed by atoms with Crippen molar-refractivity contribution in [1.82, 2.24) is 0 Å². The zero-order valence-corrected chi connectivity index (χ0v) is 12.3. The Morgan fingerprint density at radius 2 is 1.75 bits per heavy atom. The third kappa shape index (κ3) is 4.12. The van der Waals surface area contributed by atoms with E-state index in [4.69, 9.17) is 0 Å². The monoisotopic (exact) mass is 280 g/mol. The van der Waals surface area contributed by atoms with E-state index in [0.717, 1.165) is 18.2 Å². The minimum absolute atomic E-state index is 0. The fourth-order valence-corrected chi connectivity index (χ4v) is 1.70. The molecule has 0 aromatic heterocycles. The smallest absolute Gasteiger partial charge is 0.445 e. The van der Waals surface area contributed by atoms with Crippen molar-refractivity contribution >= 4 is 22.3 Å². The van der Waals surface area contributed by atoms with Crippen LogP contribution >= 0.6 is 0 Å². The molecular weight excluding hydrogens is 274 g/mol. The van der Waals surface area contributed by atoms with Crippen molar-refractivity contribution in [3.63, 3.8) is 0 Å². The van der Waals surface area contributed by atoms with Crippen molar-refractivity contribution in [2.75, 3.05) is 6.01 Å². The zero-order chi connectivity index (χ0) is 11.7. The first-order chi connectivity index (χ1) is 6.77. The van der Waals surface area contributed by atoms with Crippen molar-refractivity contribution in [1.29, 1.82) is 0 Å². The zero-order valence-electron chi connectivity index (χ0n) is 8.33. The molecule has 16 heavy (non-hydrogen) atoms. The van der Waals surface area contributed by atoms with Crippen molar-refractivity contribution in [2.45, 2.75) is 4.90 Å². The molecule has 9 heteroatoms. The Labute approximate surface area is 133 Å². The third-order valence-electron chi connectivity index (χ3n) is 1.74. The molecule has 0 aliphatic heterocycles. The summed E-state index contributed by atoms with van der Waals surface area (Å²) < 4.78 is 70.6. The SMILES string of the molecule is O=S(=O)(CF)c1cccc([B-](F)(F)F)c1.[K+]. The molecule has 0 saturated heterocycles. The van der Waals surface area contributed by atoms with Crippen LogP contribution in [0.5, 0.6) is 0 Å². The number of halogens is 4. The molecule has 0 amide bonds. The Kier molecular flexibility index (Phi) is 6.18. The summed E-state index contributed by atoms with van der Waals surface area (Å²) in [6.07, 6.45) is 0. The van der Waals surface area contributed by atoms with Gasteiger partial charge in [0.1, 0.15) is 0 Å². The molecule has 0 spiro atoms. The largest absolute Gasteiger partial charge is 1.00 e. The van der Waals surface area contributed by atoms with Gasteiger partial charge in [-0.2, -0.15) is 0 Å². The molecule has 0 N–H and O–H groups in total.